The molecule has 0 amide bonds. The van der Waals surface area contributed by atoms with Gasteiger partial charge < -0.3 is 15.6 Å². The second kappa shape index (κ2) is 5.04. The van der Waals surface area contributed by atoms with Crippen LogP contribution in [0.1, 0.15) is 17.0 Å². The molecule has 5 heteroatoms. The van der Waals surface area contributed by atoms with Gasteiger partial charge in [-0.3, -0.25) is 4.98 Å². The van der Waals surface area contributed by atoms with Gasteiger partial charge in [0.2, 0.25) is 0 Å². The molecule has 0 aliphatic heterocycles. The van der Waals surface area contributed by atoms with Crippen LogP contribution in [-0.2, 0) is 0 Å². The van der Waals surface area contributed by atoms with Crippen LogP contribution in [0, 0.1) is 13.8 Å². The van der Waals surface area contributed by atoms with Crippen LogP contribution in [0.25, 0.3) is 0 Å². The Balaban J connectivity index is 3.14. The summed E-state index contributed by atoms with van der Waals surface area (Å²) < 4.78 is 5.35. The maximum Gasteiger partial charge on any atom is 0.133 e. The van der Waals surface area contributed by atoms with Crippen molar-refractivity contribution in [1.82, 2.24) is 4.98 Å². The van der Waals surface area contributed by atoms with E-state index in [4.69, 9.17) is 27.8 Å². The SMILES string of the molecule is Cc1cc(OCCO)c(C(N)=S)c(C)n1. The Morgan fingerprint density at radius 1 is 1.60 bits per heavy atom. The topological polar surface area (TPSA) is 68.4 Å². The van der Waals surface area contributed by atoms with Crippen LogP contribution in [0.15, 0.2) is 6.07 Å². The molecule has 0 unspecified atom stereocenters. The van der Waals surface area contributed by atoms with Gasteiger partial charge >= 0.3 is 0 Å². The lowest BCUT2D eigenvalue weighted by Crippen LogP contribution is -2.16. The molecule has 1 aromatic heterocycles. The minimum atomic E-state index is -0.0445. The van der Waals surface area contributed by atoms with E-state index in [1.54, 1.807) is 6.07 Å². The highest BCUT2D eigenvalue weighted by Crippen LogP contribution is 2.21. The molecule has 0 fully saturated rings. The number of aryl methyl sites for hydroxylation is 2. The zero-order valence-electron chi connectivity index (χ0n) is 8.78. The molecule has 4 nitrogen and oxygen atoms in total. The molecule has 1 rings (SSSR count). The molecule has 0 saturated carbocycles. The number of pyridine rings is 1. The second-order valence-corrected chi connectivity index (χ2v) is 3.60. The van der Waals surface area contributed by atoms with Gasteiger partial charge in [0.05, 0.1) is 17.9 Å². The largest absolute Gasteiger partial charge is 0.490 e. The highest BCUT2D eigenvalue weighted by molar-refractivity contribution is 7.80. The fourth-order valence-corrected chi connectivity index (χ4v) is 1.61. The van der Waals surface area contributed by atoms with Crippen LogP contribution in [0.4, 0.5) is 0 Å². The van der Waals surface area contributed by atoms with E-state index in [1.165, 1.54) is 0 Å². The van der Waals surface area contributed by atoms with Crippen molar-refractivity contribution in [2.45, 2.75) is 13.8 Å². The first-order valence-corrected chi connectivity index (χ1v) is 4.98. The van der Waals surface area contributed by atoms with Crippen molar-refractivity contribution < 1.29 is 9.84 Å². The van der Waals surface area contributed by atoms with Crippen molar-refractivity contribution in [1.29, 1.82) is 0 Å². The van der Waals surface area contributed by atoms with Crippen molar-refractivity contribution in [3.8, 4) is 5.75 Å². The first-order valence-electron chi connectivity index (χ1n) is 4.58. The van der Waals surface area contributed by atoms with E-state index in [1.807, 2.05) is 13.8 Å². The van der Waals surface area contributed by atoms with Gasteiger partial charge in [-0.15, -0.1) is 0 Å². The summed E-state index contributed by atoms with van der Waals surface area (Å²) in [7, 11) is 0. The second-order valence-electron chi connectivity index (χ2n) is 3.16. The van der Waals surface area contributed by atoms with E-state index in [-0.39, 0.29) is 18.2 Å². The predicted octanol–water partition coefficient (Wildman–Crippen LogP) is 0.704. The third kappa shape index (κ3) is 2.87. The summed E-state index contributed by atoms with van der Waals surface area (Å²) in [5, 5.41) is 8.69. The molecule has 0 aromatic carbocycles. The third-order valence-electron chi connectivity index (χ3n) is 1.89. The van der Waals surface area contributed by atoms with Crippen molar-refractivity contribution >= 4 is 17.2 Å². The van der Waals surface area contributed by atoms with E-state index >= 15 is 0 Å². The minimum absolute atomic E-state index is 0.0445. The summed E-state index contributed by atoms with van der Waals surface area (Å²) in [5.74, 6) is 0.585. The number of hydrogen-bond acceptors (Lipinski definition) is 4. The van der Waals surface area contributed by atoms with Crippen LogP contribution < -0.4 is 10.5 Å². The van der Waals surface area contributed by atoms with Crippen LogP contribution in [0.5, 0.6) is 5.75 Å². The number of thiocarbonyl (C=S) groups is 1. The van der Waals surface area contributed by atoms with Gasteiger partial charge in [-0.2, -0.15) is 0 Å². The Morgan fingerprint density at radius 3 is 2.80 bits per heavy atom. The van der Waals surface area contributed by atoms with Crippen molar-refractivity contribution in [3.05, 3.63) is 23.0 Å². The molecule has 0 aliphatic rings. The summed E-state index contributed by atoms with van der Waals surface area (Å²) in [6.45, 7) is 3.87. The Morgan fingerprint density at radius 2 is 2.27 bits per heavy atom. The number of ether oxygens (including phenoxy) is 1. The fraction of sp³-hybridized carbons (Fsp3) is 0.400. The highest BCUT2D eigenvalue weighted by atomic mass is 32.1. The Hall–Kier alpha value is -1.20. The van der Waals surface area contributed by atoms with E-state index in [0.29, 0.717) is 11.3 Å². The quantitative estimate of drug-likeness (QED) is 0.740. The standard InChI is InChI=1S/C10H14N2O2S/c1-6-5-8(14-4-3-13)9(10(11)15)7(2)12-6/h5,13H,3-4H2,1-2H3,(H2,11,15). The summed E-state index contributed by atoms with van der Waals surface area (Å²) in [6, 6.07) is 1.76. The lowest BCUT2D eigenvalue weighted by atomic mass is 10.1. The Bertz CT molecular complexity index is 380. The lowest BCUT2D eigenvalue weighted by Gasteiger charge is -2.12. The van der Waals surface area contributed by atoms with Crippen LogP contribution in [-0.4, -0.2) is 28.3 Å². The molecule has 0 atom stereocenters. The lowest BCUT2D eigenvalue weighted by molar-refractivity contribution is 0.201. The van der Waals surface area contributed by atoms with E-state index in [2.05, 4.69) is 4.98 Å². The van der Waals surface area contributed by atoms with Crippen LogP contribution >= 0.6 is 12.2 Å². The Labute approximate surface area is 94.1 Å². The van der Waals surface area contributed by atoms with E-state index in [0.717, 1.165) is 11.4 Å². The maximum absolute atomic E-state index is 8.69. The van der Waals surface area contributed by atoms with Gasteiger partial charge in [0.25, 0.3) is 0 Å². The zero-order chi connectivity index (χ0) is 11.4. The number of nitrogens with two attached hydrogens (primary N) is 1. The molecule has 82 valence electrons. The molecule has 1 heterocycles. The first-order chi connectivity index (χ1) is 7.06. The molecular formula is C10H14N2O2S. The molecule has 0 spiro atoms. The first kappa shape index (κ1) is 11.9. The van der Waals surface area contributed by atoms with Gasteiger partial charge in [-0.25, -0.2) is 0 Å². The monoisotopic (exact) mass is 226 g/mol. The molecule has 0 radical (unpaired) electrons. The molecule has 0 saturated heterocycles. The van der Waals surface area contributed by atoms with Crippen LogP contribution in [0.3, 0.4) is 0 Å². The number of aliphatic hydroxyl groups excluding tert-OH is 1. The Kier molecular flexibility index (Phi) is 3.99. The summed E-state index contributed by atoms with van der Waals surface area (Å²) in [5.41, 5.74) is 7.81. The van der Waals surface area contributed by atoms with Gasteiger partial charge in [0.15, 0.2) is 0 Å². The zero-order valence-corrected chi connectivity index (χ0v) is 9.60. The number of rotatable bonds is 4. The molecule has 3 N–H and O–H groups in total. The van der Waals surface area contributed by atoms with Crippen molar-refractivity contribution in [2.24, 2.45) is 5.73 Å². The molecule has 0 bridgehead atoms. The average molecular weight is 226 g/mol. The average Bonchev–Trinajstić information content (AvgIpc) is 2.12. The minimum Gasteiger partial charge on any atom is -0.490 e. The van der Waals surface area contributed by atoms with Crippen molar-refractivity contribution in [2.75, 3.05) is 13.2 Å². The van der Waals surface area contributed by atoms with Gasteiger partial charge in [-0.05, 0) is 13.8 Å². The normalized spacial score (nSPS) is 10.1. The van der Waals surface area contributed by atoms with Gasteiger partial charge in [0, 0.05) is 11.8 Å². The van der Waals surface area contributed by atoms with Gasteiger partial charge in [-0.1, -0.05) is 12.2 Å². The molecule has 1 aromatic rings. The third-order valence-corrected chi connectivity index (χ3v) is 2.09. The fourth-order valence-electron chi connectivity index (χ4n) is 1.36. The number of nitrogens with zero attached hydrogens (tertiary/aromatic N) is 1. The predicted molar refractivity (Wildman–Crippen MR) is 62.2 cm³/mol. The molecule has 15 heavy (non-hydrogen) atoms. The van der Waals surface area contributed by atoms with E-state index in [9.17, 15) is 0 Å². The van der Waals surface area contributed by atoms with Crippen molar-refractivity contribution in [3.63, 3.8) is 0 Å². The van der Waals surface area contributed by atoms with Crippen LogP contribution in [0.2, 0.25) is 0 Å². The smallest absolute Gasteiger partial charge is 0.133 e. The van der Waals surface area contributed by atoms with Gasteiger partial charge in [0.1, 0.15) is 17.3 Å². The summed E-state index contributed by atoms with van der Waals surface area (Å²) >= 11 is 4.93. The maximum atomic E-state index is 8.69. The molecular weight excluding hydrogens is 212 g/mol. The summed E-state index contributed by atoms with van der Waals surface area (Å²) in [6.07, 6.45) is 0. The molecule has 0 aliphatic carbocycles. The number of aromatic nitrogens is 1. The number of aliphatic hydroxyl groups is 1. The van der Waals surface area contributed by atoms with E-state index < -0.39 is 0 Å². The number of hydrogen-bond donors (Lipinski definition) is 2. The summed E-state index contributed by atoms with van der Waals surface area (Å²) in [4.78, 5) is 4.51. The highest BCUT2D eigenvalue weighted by Gasteiger charge is 2.11.